The Kier molecular flexibility index (Phi) is 6.23. The SMILES string of the molecule is CCS(=O)(=O)N1CCC(C(=O)OCc2nnc(-c3ccc([N+](=O)[O-])cc3)o2)CC1. The van der Waals surface area contributed by atoms with Gasteiger partial charge in [-0.05, 0) is 31.9 Å². The molecule has 0 unspecified atom stereocenters. The molecule has 1 saturated heterocycles. The maximum atomic E-state index is 12.2. The molecule has 0 aliphatic carbocycles. The number of hydrogen-bond acceptors (Lipinski definition) is 9. The molecule has 0 N–H and O–H groups in total. The Morgan fingerprint density at radius 2 is 1.93 bits per heavy atom. The van der Waals surface area contributed by atoms with Crippen LogP contribution in [-0.2, 0) is 26.2 Å². The molecule has 1 aromatic heterocycles. The van der Waals surface area contributed by atoms with Gasteiger partial charge in [0.05, 0.1) is 16.6 Å². The number of piperidine rings is 1. The van der Waals surface area contributed by atoms with Crippen molar-refractivity contribution in [2.75, 3.05) is 18.8 Å². The number of rotatable bonds is 7. The first-order valence-electron chi connectivity index (χ1n) is 9.02. The summed E-state index contributed by atoms with van der Waals surface area (Å²) in [7, 11) is -3.25. The van der Waals surface area contributed by atoms with Crippen LogP contribution in [0.5, 0.6) is 0 Å². The van der Waals surface area contributed by atoms with Crippen LogP contribution in [0.2, 0.25) is 0 Å². The Labute approximate surface area is 166 Å². The van der Waals surface area contributed by atoms with Crippen molar-refractivity contribution in [3.8, 4) is 11.5 Å². The van der Waals surface area contributed by atoms with Crippen molar-refractivity contribution in [1.29, 1.82) is 0 Å². The molecule has 1 aliphatic heterocycles. The summed E-state index contributed by atoms with van der Waals surface area (Å²) in [6.07, 6.45) is 0.798. The number of sulfonamides is 1. The van der Waals surface area contributed by atoms with Gasteiger partial charge in [-0.15, -0.1) is 10.2 Å². The number of nitrogens with zero attached hydrogens (tertiary/aromatic N) is 4. The van der Waals surface area contributed by atoms with Crippen molar-refractivity contribution in [3.05, 3.63) is 40.3 Å². The third-order valence-electron chi connectivity index (χ3n) is 4.68. The minimum absolute atomic E-state index is 0.0381. The molecule has 2 heterocycles. The fourth-order valence-electron chi connectivity index (χ4n) is 2.96. The first-order chi connectivity index (χ1) is 13.8. The van der Waals surface area contributed by atoms with E-state index in [4.69, 9.17) is 9.15 Å². The number of aromatic nitrogens is 2. The lowest BCUT2D eigenvalue weighted by Crippen LogP contribution is -2.41. The molecule has 1 aliphatic rings. The summed E-state index contributed by atoms with van der Waals surface area (Å²) < 4.78 is 35.8. The van der Waals surface area contributed by atoms with Crippen LogP contribution in [0.3, 0.4) is 0 Å². The molecule has 156 valence electrons. The zero-order valence-corrected chi connectivity index (χ0v) is 16.5. The van der Waals surface area contributed by atoms with E-state index in [1.807, 2.05) is 0 Å². The molecule has 12 heteroatoms. The third kappa shape index (κ3) is 4.95. The zero-order chi connectivity index (χ0) is 21.0. The summed E-state index contributed by atoms with van der Waals surface area (Å²) >= 11 is 0. The van der Waals surface area contributed by atoms with Gasteiger partial charge in [0.15, 0.2) is 6.61 Å². The van der Waals surface area contributed by atoms with Crippen LogP contribution >= 0.6 is 0 Å². The van der Waals surface area contributed by atoms with Crippen molar-refractivity contribution in [3.63, 3.8) is 0 Å². The normalized spacial score (nSPS) is 15.9. The average molecular weight is 424 g/mol. The van der Waals surface area contributed by atoms with Crippen LogP contribution in [0.1, 0.15) is 25.7 Å². The molecule has 2 aromatic rings. The van der Waals surface area contributed by atoms with E-state index in [-0.39, 0.29) is 35.7 Å². The summed E-state index contributed by atoms with van der Waals surface area (Å²) in [4.78, 5) is 22.4. The van der Waals surface area contributed by atoms with Gasteiger partial charge in [0.2, 0.25) is 15.9 Å². The van der Waals surface area contributed by atoms with Crippen LogP contribution in [0.25, 0.3) is 11.5 Å². The fraction of sp³-hybridized carbons (Fsp3) is 0.471. The van der Waals surface area contributed by atoms with Crippen molar-refractivity contribution < 1.29 is 27.3 Å². The minimum atomic E-state index is -3.25. The van der Waals surface area contributed by atoms with Gasteiger partial charge in [-0.25, -0.2) is 12.7 Å². The lowest BCUT2D eigenvalue weighted by molar-refractivity contribution is -0.384. The van der Waals surface area contributed by atoms with E-state index in [1.165, 1.54) is 28.6 Å². The zero-order valence-electron chi connectivity index (χ0n) is 15.7. The van der Waals surface area contributed by atoms with Gasteiger partial charge in [-0.3, -0.25) is 14.9 Å². The maximum Gasteiger partial charge on any atom is 0.309 e. The number of non-ortho nitro benzene ring substituents is 1. The fourth-order valence-corrected chi connectivity index (χ4v) is 4.09. The molecule has 0 radical (unpaired) electrons. The quantitative estimate of drug-likeness (QED) is 0.368. The molecule has 0 spiro atoms. The Morgan fingerprint density at radius 1 is 1.28 bits per heavy atom. The van der Waals surface area contributed by atoms with Gasteiger partial charge >= 0.3 is 5.97 Å². The molecule has 0 amide bonds. The second-order valence-corrected chi connectivity index (χ2v) is 8.74. The lowest BCUT2D eigenvalue weighted by atomic mass is 9.98. The lowest BCUT2D eigenvalue weighted by Gasteiger charge is -2.29. The summed E-state index contributed by atoms with van der Waals surface area (Å²) in [5, 5.41) is 18.3. The number of ether oxygens (including phenoxy) is 1. The van der Waals surface area contributed by atoms with Crippen molar-refractivity contribution in [1.82, 2.24) is 14.5 Å². The minimum Gasteiger partial charge on any atom is -0.455 e. The Hall–Kier alpha value is -2.86. The molecular formula is C17H20N4O7S. The van der Waals surface area contributed by atoms with Crippen LogP contribution in [0.15, 0.2) is 28.7 Å². The number of carbonyl (C=O) groups is 1. The molecule has 29 heavy (non-hydrogen) atoms. The summed E-state index contributed by atoms with van der Waals surface area (Å²) in [6, 6.07) is 5.62. The van der Waals surface area contributed by atoms with Gasteiger partial charge in [-0.1, -0.05) is 0 Å². The number of carbonyl (C=O) groups excluding carboxylic acids is 1. The highest BCUT2D eigenvalue weighted by atomic mass is 32.2. The molecule has 0 bridgehead atoms. The van der Waals surface area contributed by atoms with Gasteiger partial charge in [0.1, 0.15) is 0 Å². The predicted molar refractivity (Wildman–Crippen MR) is 99.9 cm³/mol. The standard InChI is InChI=1S/C17H20N4O7S/c1-2-29(25,26)20-9-7-13(8-10-20)17(22)27-11-15-18-19-16(28-15)12-3-5-14(6-4-12)21(23)24/h3-6,13H,2,7-11H2,1H3. The molecular weight excluding hydrogens is 404 g/mol. The topological polar surface area (TPSA) is 146 Å². The molecule has 1 aromatic carbocycles. The molecule has 11 nitrogen and oxygen atoms in total. The number of benzene rings is 1. The number of hydrogen-bond donors (Lipinski definition) is 0. The first-order valence-corrected chi connectivity index (χ1v) is 10.6. The van der Waals surface area contributed by atoms with Gasteiger partial charge in [0.25, 0.3) is 11.6 Å². The van der Waals surface area contributed by atoms with E-state index < -0.39 is 20.9 Å². The van der Waals surface area contributed by atoms with E-state index in [0.29, 0.717) is 31.5 Å². The van der Waals surface area contributed by atoms with Crippen LogP contribution in [-0.4, -0.2) is 52.7 Å². The van der Waals surface area contributed by atoms with Crippen LogP contribution in [0.4, 0.5) is 5.69 Å². The monoisotopic (exact) mass is 424 g/mol. The first kappa shape index (κ1) is 20.9. The maximum absolute atomic E-state index is 12.2. The van der Waals surface area contributed by atoms with Gasteiger partial charge in [-0.2, -0.15) is 0 Å². The number of nitro benzene ring substituents is 1. The highest BCUT2D eigenvalue weighted by Crippen LogP contribution is 2.23. The molecule has 0 atom stereocenters. The van der Waals surface area contributed by atoms with E-state index in [9.17, 15) is 23.3 Å². The molecule has 3 rings (SSSR count). The van der Waals surface area contributed by atoms with Crippen molar-refractivity contribution in [2.24, 2.45) is 5.92 Å². The Balaban J connectivity index is 1.52. The van der Waals surface area contributed by atoms with E-state index >= 15 is 0 Å². The van der Waals surface area contributed by atoms with Crippen molar-refractivity contribution >= 4 is 21.7 Å². The van der Waals surface area contributed by atoms with Crippen LogP contribution in [0, 0.1) is 16.0 Å². The second-order valence-electron chi connectivity index (χ2n) is 6.49. The Morgan fingerprint density at radius 3 is 2.52 bits per heavy atom. The van der Waals surface area contributed by atoms with E-state index in [2.05, 4.69) is 10.2 Å². The summed E-state index contributed by atoms with van der Waals surface area (Å²) in [6.45, 7) is 1.97. The van der Waals surface area contributed by atoms with Crippen molar-refractivity contribution in [2.45, 2.75) is 26.4 Å². The second kappa shape index (κ2) is 8.66. The number of esters is 1. The molecule has 1 fully saturated rings. The van der Waals surface area contributed by atoms with Gasteiger partial charge < -0.3 is 9.15 Å². The summed E-state index contributed by atoms with van der Waals surface area (Å²) in [5.41, 5.74) is 0.449. The average Bonchev–Trinajstić information content (AvgIpc) is 3.21. The number of nitro groups is 1. The highest BCUT2D eigenvalue weighted by molar-refractivity contribution is 7.89. The Bertz CT molecular complexity index is 979. The predicted octanol–water partition coefficient (Wildman–Crippen LogP) is 1.75. The van der Waals surface area contributed by atoms with Crippen LogP contribution < -0.4 is 0 Å². The highest BCUT2D eigenvalue weighted by Gasteiger charge is 2.31. The summed E-state index contributed by atoms with van der Waals surface area (Å²) in [5.74, 6) is -0.526. The van der Waals surface area contributed by atoms with E-state index in [0.717, 1.165) is 0 Å². The smallest absolute Gasteiger partial charge is 0.309 e. The molecule has 0 saturated carbocycles. The largest absolute Gasteiger partial charge is 0.455 e. The van der Waals surface area contributed by atoms with Gasteiger partial charge in [0, 0.05) is 30.8 Å². The van der Waals surface area contributed by atoms with E-state index in [1.54, 1.807) is 6.92 Å². The third-order valence-corrected chi connectivity index (χ3v) is 6.56.